The fourth-order valence-electron chi connectivity index (χ4n) is 2.11. The maximum absolute atomic E-state index is 11.9. The molecule has 1 rings (SSSR count). The average Bonchev–Trinajstić information content (AvgIpc) is 2.33. The Hall–Kier alpha value is -1.21. The van der Waals surface area contributed by atoms with Crippen molar-refractivity contribution in [1.82, 2.24) is 10.2 Å². The first kappa shape index (κ1) is 15.8. The van der Waals surface area contributed by atoms with Crippen LogP contribution < -0.4 is 5.32 Å². The summed E-state index contributed by atoms with van der Waals surface area (Å²) >= 11 is 0. The van der Waals surface area contributed by atoms with Crippen molar-refractivity contribution >= 4 is 6.09 Å². The van der Waals surface area contributed by atoms with E-state index in [0.717, 1.165) is 45.4 Å². The van der Waals surface area contributed by atoms with Crippen LogP contribution in [0.5, 0.6) is 0 Å². The molecule has 1 amide bonds. The van der Waals surface area contributed by atoms with Crippen molar-refractivity contribution in [3.63, 3.8) is 0 Å². The smallest absolute Gasteiger partial charge is 0.410 e. The molecular weight excluding hydrogens is 240 g/mol. The summed E-state index contributed by atoms with van der Waals surface area (Å²) < 4.78 is 5.37. The van der Waals surface area contributed by atoms with Crippen molar-refractivity contribution in [2.75, 3.05) is 26.2 Å². The van der Waals surface area contributed by atoms with Crippen LogP contribution in [0.25, 0.3) is 0 Å². The molecule has 4 heteroatoms. The van der Waals surface area contributed by atoms with Gasteiger partial charge in [-0.1, -0.05) is 0 Å². The van der Waals surface area contributed by atoms with Crippen LogP contribution in [0, 0.1) is 18.3 Å². The van der Waals surface area contributed by atoms with Gasteiger partial charge in [0.05, 0.1) is 0 Å². The summed E-state index contributed by atoms with van der Waals surface area (Å²) in [5.74, 6) is 3.25. The number of carbonyl (C=O) groups excluding carboxylic acids is 1. The summed E-state index contributed by atoms with van der Waals surface area (Å²) in [6.45, 7) is 9.13. The van der Waals surface area contributed by atoms with Gasteiger partial charge in [-0.05, 0) is 46.1 Å². The maximum atomic E-state index is 11.9. The van der Waals surface area contributed by atoms with Crippen LogP contribution in [0.4, 0.5) is 4.79 Å². The number of amides is 1. The van der Waals surface area contributed by atoms with E-state index in [1.54, 1.807) is 0 Å². The minimum absolute atomic E-state index is 0.189. The van der Waals surface area contributed by atoms with Gasteiger partial charge in [0.15, 0.2) is 0 Å². The lowest BCUT2D eigenvalue weighted by Crippen LogP contribution is -2.43. The normalized spacial score (nSPS) is 17.1. The monoisotopic (exact) mass is 266 g/mol. The summed E-state index contributed by atoms with van der Waals surface area (Å²) in [6, 6.07) is 0. The van der Waals surface area contributed by atoms with Gasteiger partial charge in [0, 0.05) is 26.1 Å². The molecule has 19 heavy (non-hydrogen) atoms. The van der Waals surface area contributed by atoms with Gasteiger partial charge in [-0.3, -0.25) is 0 Å². The Labute approximate surface area is 116 Å². The highest BCUT2D eigenvalue weighted by atomic mass is 16.6. The Balaban J connectivity index is 2.22. The van der Waals surface area contributed by atoms with Crippen LogP contribution in [0.2, 0.25) is 0 Å². The van der Waals surface area contributed by atoms with Crippen molar-refractivity contribution in [3.05, 3.63) is 0 Å². The molecule has 0 aliphatic carbocycles. The molecule has 0 aromatic carbocycles. The maximum Gasteiger partial charge on any atom is 0.410 e. The SMILES string of the molecule is C#CCCNCC1CCN(C(=O)OC(C)(C)C)CC1. The molecule has 0 radical (unpaired) electrons. The third-order valence-corrected chi connectivity index (χ3v) is 3.15. The van der Waals surface area contributed by atoms with Gasteiger partial charge in [-0.25, -0.2) is 4.79 Å². The third-order valence-electron chi connectivity index (χ3n) is 3.15. The zero-order chi connectivity index (χ0) is 14.3. The fraction of sp³-hybridized carbons (Fsp3) is 0.800. The van der Waals surface area contributed by atoms with E-state index >= 15 is 0 Å². The largest absolute Gasteiger partial charge is 0.444 e. The first-order valence-corrected chi connectivity index (χ1v) is 7.04. The summed E-state index contributed by atoms with van der Waals surface area (Å²) in [4.78, 5) is 13.7. The minimum atomic E-state index is -0.412. The molecular formula is C15H26N2O2. The minimum Gasteiger partial charge on any atom is -0.444 e. The van der Waals surface area contributed by atoms with Gasteiger partial charge in [-0.15, -0.1) is 12.3 Å². The Morgan fingerprint density at radius 3 is 2.58 bits per heavy atom. The van der Waals surface area contributed by atoms with E-state index in [9.17, 15) is 4.79 Å². The third kappa shape index (κ3) is 6.49. The number of rotatable bonds is 4. The Morgan fingerprint density at radius 2 is 2.05 bits per heavy atom. The molecule has 1 heterocycles. The molecule has 0 saturated carbocycles. The second-order valence-electron chi connectivity index (χ2n) is 6.07. The topological polar surface area (TPSA) is 41.6 Å². The lowest BCUT2D eigenvalue weighted by Gasteiger charge is -2.33. The van der Waals surface area contributed by atoms with Crippen molar-refractivity contribution in [2.45, 2.75) is 45.6 Å². The Kier molecular flexibility index (Phi) is 6.17. The van der Waals surface area contributed by atoms with Gasteiger partial charge >= 0.3 is 6.09 Å². The second-order valence-corrected chi connectivity index (χ2v) is 6.07. The number of terminal acetylenes is 1. The van der Waals surface area contributed by atoms with E-state index in [2.05, 4.69) is 11.2 Å². The summed E-state index contributed by atoms with van der Waals surface area (Å²) in [5, 5.41) is 3.36. The van der Waals surface area contributed by atoms with Crippen LogP contribution >= 0.6 is 0 Å². The molecule has 0 bridgehead atoms. The van der Waals surface area contributed by atoms with E-state index in [0.29, 0.717) is 5.92 Å². The summed E-state index contributed by atoms with van der Waals surface area (Å²) in [7, 11) is 0. The van der Waals surface area contributed by atoms with E-state index in [4.69, 9.17) is 11.2 Å². The van der Waals surface area contributed by atoms with Crippen molar-refractivity contribution < 1.29 is 9.53 Å². The molecule has 0 atom stereocenters. The highest BCUT2D eigenvalue weighted by molar-refractivity contribution is 5.68. The zero-order valence-corrected chi connectivity index (χ0v) is 12.4. The van der Waals surface area contributed by atoms with E-state index in [-0.39, 0.29) is 6.09 Å². The van der Waals surface area contributed by atoms with Crippen LogP contribution in [0.1, 0.15) is 40.0 Å². The number of nitrogens with zero attached hydrogens (tertiary/aromatic N) is 1. The molecule has 1 aliphatic heterocycles. The standard InChI is InChI=1S/C15H26N2O2/c1-5-6-9-16-12-13-7-10-17(11-8-13)14(18)19-15(2,3)4/h1,13,16H,6-12H2,2-4H3. The Morgan fingerprint density at radius 1 is 1.42 bits per heavy atom. The number of hydrogen-bond acceptors (Lipinski definition) is 3. The first-order valence-electron chi connectivity index (χ1n) is 7.04. The van der Waals surface area contributed by atoms with Crippen molar-refractivity contribution in [2.24, 2.45) is 5.92 Å². The molecule has 0 spiro atoms. The molecule has 1 saturated heterocycles. The molecule has 0 aromatic heterocycles. The number of hydrogen-bond donors (Lipinski definition) is 1. The lowest BCUT2D eigenvalue weighted by molar-refractivity contribution is 0.0184. The van der Waals surface area contributed by atoms with Crippen LogP contribution in [0.15, 0.2) is 0 Å². The van der Waals surface area contributed by atoms with Crippen LogP contribution in [-0.4, -0.2) is 42.8 Å². The quantitative estimate of drug-likeness (QED) is 0.627. The number of piperidine rings is 1. The number of carbonyl (C=O) groups is 1. The van der Waals surface area contributed by atoms with Gasteiger partial charge in [-0.2, -0.15) is 0 Å². The second kappa shape index (κ2) is 7.40. The zero-order valence-electron chi connectivity index (χ0n) is 12.4. The van der Waals surface area contributed by atoms with E-state index in [1.807, 2.05) is 25.7 Å². The molecule has 108 valence electrons. The van der Waals surface area contributed by atoms with Crippen molar-refractivity contribution in [1.29, 1.82) is 0 Å². The average molecular weight is 266 g/mol. The van der Waals surface area contributed by atoms with Crippen LogP contribution in [-0.2, 0) is 4.74 Å². The summed E-state index contributed by atoms with van der Waals surface area (Å²) in [5.41, 5.74) is -0.412. The fourth-order valence-corrected chi connectivity index (χ4v) is 2.11. The van der Waals surface area contributed by atoms with Gasteiger partial charge in [0.25, 0.3) is 0 Å². The lowest BCUT2D eigenvalue weighted by atomic mass is 9.97. The van der Waals surface area contributed by atoms with Gasteiger partial charge in [0.1, 0.15) is 5.60 Å². The van der Waals surface area contributed by atoms with E-state index in [1.165, 1.54) is 0 Å². The molecule has 1 aliphatic rings. The number of nitrogens with one attached hydrogen (secondary N) is 1. The van der Waals surface area contributed by atoms with E-state index < -0.39 is 5.60 Å². The molecule has 1 N–H and O–H groups in total. The highest BCUT2D eigenvalue weighted by Gasteiger charge is 2.26. The number of ether oxygens (including phenoxy) is 1. The predicted molar refractivity (Wildman–Crippen MR) is 76.9 cm³/mol. The van der Waals surface area contributed by atoms with Crippen molar-refractivity contribution in [3.8, 4) is 12.3 Å². The highest BCUT2D eigenvalue weighted by Crippen LogP contribution is 2.19. The predicted octanol–water partition coefficient (Wildman–Crippen LogP) is 2.25. The first-order chi connectivity index (χ1) is 8.92. The Bertz CT molecular complexity index is 320. The van der Waals surface area contributed by atoms with Gasteiger partial charge < -0.3 is 15.0 Å². The summed E-state index contributed by atoms with van der Waals surface area (Å²) in [6.07, 6.45) is 7.85. The number of likely N-dealkylation sites (tertiary alicyclic amines) is 1. The van der Waals surface area contributed by atoms with Gasteiger partial charge in [0.2, 0.25) is 0 Å². The molecule has 1 fully saturated rings. The molecule has 4 nitrogen and oxygen atoms in total. The van der Waals surface area contributed by atoms with Crippen LogP contribution in [0.3, 0.4) is 0 Å². The molecule has 0 unspecified atom stereocenters. The molecule has 0 aromatic rings.